The van der Waals surface area contributed by atoms with Gasteiger partial charge in [-0.15, -0.1) is 0 Å². The topological polar surface area (TPSA) is 48.9 Å². The minimum Gasteiger partial charge on any atom is -0.507 e. The molecule has 0 radical (unpaired) electrons. The van der Waals surface area contributed by atoms with E-state index in [1.807, 2.05) is 48.5 Å². The lowest BCUT2D eigenvalue weighted by Gasteiger charge is -2.30. The molecule has 3 nitrogen and oxygen atoms in total. The van der Waals surface area contributed by atoms with Crippen molar-refractivity contribution in [1.29, 1.82) is 0 Å². The number of nitrogens with one attached hydrogen (secondary N) is 1. The van der Waals surface area contributed by atoms with Crippen LogP contribution in [0.25, 0.3) is 5.70 Å². The maximum Gasteiger partial charge on any atom is 0.186 e. The molecular formula is C22H18Cl3N2O+. The fourth-order valence-corrected chi connectivity index (χ4v) is 3.80. The summed E-state index contributed by atoms with van der Waals surface area (Å²) in [6.07, 6.45) is 2.03. The zero-order chi connectivity index (χ0) is 19.7. The van der Waals surface area contributed by atoms with Crippen molar-refractivity contribution in [1.82, 2.24) is 5.32 Å². The van der Waals surface area contributed by atoms with Crippen LogP contribution in [0.3, 0.4) is 0 Å². The van der Waals surface area contributed by atoms with Gasteiger partial charge in [-0.3, -0.25) is 0 Å². The molecule has 142 valence electrons. The van der Waals surface area contributed by atoms with E-state index in [1.165, 1.54) is 0 Å². The van der Waals surface area contributed by atoms with Crippen molar-refractivity contribution in [3.8, 4) is 5.75 Å². The SMILES string of the molecule is Oc1ccc(Cl)cc1C1C=C(c2ccc(Cl)cc2)NC(c2ccc(Cl)cc2)[NH2+]1. The monoisotopic (exact) mass is 431 g/mol. The largest absolute Gasteiger partial charge is 0.507 e. The number of quaternary nitrogens is 1. The first-order chi connectivity index (χ1) is 13.5. The number of halogens is 3. The van der Waals surface area contributed by atoms with Crippen LogP contribution in [0.2, 0.25) is 15.1 Å². The fourth-order valence-electron chi connectivity index (χ4n) is 3.37. The van der Waals surface area contributed by atoms with Gasteiger partial charge in [-0.1, -0.05) is 46.9 Å². The molecule has 6 heteroatoms. The summed E-state index contributed by atoms with van der Waals surface area (Å²) in [5.41, 5.74) is 3.82. The first-order valence-electron chi connectivity index (χ1n) is 8.83. The number of hydrogen-bond acceptors (Lipinski definition) is 2. The quantitative estimate of drug-likeness (QED) is 0.526. The Kier molecular flexibility index (Phi) is 5.51. The van der Waals surface area contributed by atoms with Gasteiger partial charge in [0.25, 0.3) is 0 Å². The van der Waals surface area contributed by atoms with Crippen LogP contribution in [0, 0.1) is 0 Å². The van der Waals surface area contributed by atoms with Crippen molar-refractivity contribution in [3.63, 3.8) is 0 Å². The van der Waals surface area contributed by atoms with Crippen molar-refractivity contribution >= 4 is 40.5 Å². The number of hydrogen-bond donors (Lipinski definition) is 3. The fraction of sp³-hybridized carbons (Fsp3) is 0.0909. The smallest absolute Gasteiger partial charge is 0.186 e. The molecule has 0 saturated heterocycles. The molecule has 28 heavy (non-hydrogen) atoms. The predicted octanol–water partition coefficient (Wildman–Crippen LogP) is 5.30. The van der Waals surface area contributed by atoms with Crippen LogP contribution in [0.5, 0.6) is 5.75 Å². The van der Waals surface area contributed by atoms with Gasteiger partial charge >= 0.3 is 0 Å². The van der Waals surface area contributed by atoms with E-state index < -0.39 is 0 Å². The van der Waals surface area contributed by atoms with Crippen molar-refractivity contribution in [2.24, 2.45) is 0 Å². The van der Waals surface area contributed by atoms with Crippen molar-refractivity contribution in [2.75, 3.05) is 0 Å². The zero-order valence-electron chi connectivity index (χ0n) is 14.7. The van der Waals surface area contributed by atoms with Crippen LogP contribution in [-0.4, -0.2) is 5.11 Å². The van der Waals surface area contributed by atoms with Gasteiger partial charge in [-0.25, -0.2) is 0 Å². The summed E-state index contributed by atoms with van der Waals surface area (Å²) in [5, 5.41) is 18.1. The molecule has 0 aliphatic carbocycles. The summed E-state index contributed by atoms with van der Waals surface area (Å²) in [4.78, 5) is 0. The number of phenols is 1. The third-order valence-electron chi connectivity index (χ3n) is 4.79. The Morgan fingerprint density at radius 1 is 0.786 bits per heavy atom. The maximum absolute atomic E-state index is 10.4. The summed E-state index contributed by atoms with van der Waals surface area (Å²) < 4.78 is 0. The number of rotatable bonds is 3. The third kappa shape index (κ3) is 4.13. The van der Waals surface area contributed by atoms with E-state index in [1.54, 1.807) is 18.2 Å². The van der Waals surface area contributed by atoms with Crippen LogP contribution in [-0.2, 0) is 0 Å². The van der Waals surface area contributed by atoms with Gasteiger partial charge in [0.2, 0.25) is 0 Å². The third-order valence-corrected chi connectivity index (χ3v) is 5.53. The van der Waals surface area contributed by atoms with Crippen LogP contribution in [0.1, 0.15) is 28.9 Å². The minimum atomic E-state index is -0.119. The van der Waals surface area contributed by atoms with Crippen LogP contribution in [0.4, 0.5) is 0 Å². The van der Waals surface area contributed by atoms with Gasteiger partial charge in [0.05, 0.1) is 5.56 Å². The first-order valence-corrected chi connectivity index (χ1v) is 9.96. The molecule has 0 amide bonds. The lowest BCUT2D eigenvalue weighted by molar-refractivity contribution is -0.731. The average Bonchev–Trinajstić information content (AvgIpc) is 2.70. The van der Waals surface area contributed by atoms with Gasteiger partial charge in [-0.2, -0.15) is 0 Å². The molecular weight excluding hydrogens is 415 g/mol. The van der Waals surface area contributed by atoms with Crippen LogP contribution >= 0.6 is 34.8 Å². The molecule has 3 aromatic carbocycles. The highest BCUT2D eigenvalue weighted by Gasteiger charge is 2.29. The minimum absolute atomic E-state index is 0.0590. The van der Waals surface area contributed by atoms with E-state index in [9.17, 15) is 5.11 Å². The molecule has 0 bridgehead atoms. The predicted molar refractivity (Wildman–Crippen MR) is 115 cm³/mol. The second-order valence-electron chi connectivity index (χ2n) is 6.68. The summed E-state index contributed by atoms with van der Waals surface area (Å²) >= 11 is 18.3. The van der Waals surface area contributed by atoms with E-state index in [-0.39, 0.29) is 18.0 Å². The van der Waals surface area contributed by atoms with Crippen molar-refractivity contribution in [3.05, 3.63) is 105 Å². The Hall–Kier alpha value is -2.17. The lowest BCUT2D eigenvalue weighted by Crippen LogP contribution is -2.89. The van der Waals surface area contributed by atoms with Crippen LogP contribution in [0.15, 0.2) is 72.8 Å². The van der Waals surface area contributed by atoms with Crippen molar-refractivity contribution < 1.29 is 10.4 Å². The van der Waals surface area contributed by atoms with Crippen LogP contribution < -0.4 is 10.6 Å². The molecule has 1 heterocycles. The molecule has 0 aromatic heterocycles. The van der Waals surface area contributed by atoms with Gasteiger partial charge < -0.3 is 15.7 Å². The van der Waals surface area contributed by atoms with E-state index in [0.29, 0.717) is 15.1 Å². The average molecular weight is 433 g/mol. The number of nitrogens with two attached hydrogens (primary N) is 1. The molecule has 0 fully saturated rings. The van der Waals surface area contributed by atoms with Gasteiger partial charge in [-0.05, 0) is 60.2 Å². The number of benzene rings is 3. The first kappa shape index (κ1) is 19.2. The number of aromatic hydroxyl groups is 1. The highest BCUT2D eigenvalue weighted by molar-refractivity contribution is 6.31. The Morgan fingerprint density at radius 2 is 1.39 bits per heavy atom. The molecule has 1 aliphatic heterocycles. The normalized spacial score (nSPS) is 19.0. The summed E-state index contributed by atoms with van der Waals surface area (Å²) in [7, 11) is 0. The van der Waals surface area contributed by atoms with Gasteiger partial charge in [0.1, 0.15) is 11.8 Å². The van der Waals surface area contributed by atoms with E-state index in [0.717, 1.165) is 22.4 Å². The molecule has 4 N–H and O–H groups in total. The highest BCUT2D eigenvalue weighted by Crippen LogP contribution is 2.31. The van der Waals surface area contributed by atoms with Gasteiger partial charge in [0.15, 0.2) is 6.17 Å². The van der Waals surface area contributed by atoms with Crippen molar-refractivity contribution in [2.45, 2.75) is 12.2 Å². The summed E-state index contributed by atoms with van der Waals surface area (Å²) in [6, 6.07) is 20.4. The highest BCUT2D eigenvalue weighted by atomic mass is 35.5. The molecule has 2 atom stereocenters. The Labute approximate surface area is 178 Å². The summed E-state index contributed by atoms with van der Waals surface area (Å²) in [6.45, 7) is 0. The molecule has 3 aromatic rings. The molecule has 4 rings (SSSR count). The molecule has 0 saturated carbocycles. The second-order valence-corrected chi connectivity index (χ2v) is 7.99. The lowest BCUT2D eigenvalue weighted by atomic mass is 9.98. The molecule has 0 spiro atoms. The Balaban J connectivity index is 1.76. The van der Waals surface area contributed by atoms with E-state index in [4.69, 9.17) is 34.8 Å². The standard InChI is InChI=1S/C22H17Cl3N2O/c23-15-5-1-13(2-6-15)19-12-20(18-11-17(25)9-10-21(18)28)27-22(26-19)14-3-7-16(24)8-4-14/h1-12,20,22,26-28H/p+1. The van der Waals surface area contributed by atoms with E-state index >= 15 is 0 Å². The van der Waals surface area contributed by atoms with E-state index in [2.05, 4.69) is 16.7 Å². The summed E-state index contributed by atoms with van der Waals surface area (Å²) in [5.74, 6) is 0.217. The molecule has 2 unspecified atom stereocenters. The maximum atomic E-state index is 10.4. The van der Waals surface area contributed by atoms with Gasteiger partial charge in [0, 0.05) is 32.4 Å². The second kappa shape index (κ2) is 8.06. The Bertz CT molecular complexity index is 1020. The zero-order valence-corrected chi connectivity index (χ0v) is 17.0. The number of phenolic OH excluding ortho intramolecular Hbond substituents is 1. The molecule has 1 aliphatic rings. The Morgan fingerprint density at radius 3 is 2.07 bits per heavy atom.